The molecule has 0 atom stereocenters. The summed E-state index contributed by atoms with van der Waals surface area (Å²) < 4.78 is 0. The van der Waals surface area contributed by atoms with Crippen molar-refractivity contribution in [2.45, 2.75) is 25.9 Å². The summed E-state index contributed by atoms with van der Waals surface area (Å²) >= 11 is 0. The van der Waals surface area contributed by atoms with E-state index in [0.29, 0.717) is 0 Å². The van der Waals surface area contributed by atoms with E-state index in [1.54, 1.807) is 0 Å². The smallest absolute Gasteiger partial charge is 0.0232 e. The van der Waals surface area contributed by atoms with Crippen LogP contribution in [0.3, 0.4) is 0 Å². The van der Waals surface area contributed by atoms with Gasteiger partial charge in [0.1, 0.15) is 0 Å². The van der Waals surface area contributed by atoms with Crippen molar-refractivity contribution in [3.63, 3.8) is 0 Å². The fourth-order valence-electron chi connectivity index (χ4n) is 4.20. The van der Waals surface area contributed by atoms with Gasteiger partial charge in [0.05, 0.1) is 0 Å². The number of benzene rings is 1. The average molecular weight is 597 g/mol. The quantitative estimate of drug-likeness (QED) is 0.485. The Morgan fingerprint density at radius 1 is 0.417 bits per heavy atom. The molecule has 2 aliphatic heterocycles. The number of hydrogen-bond donors (Lipinski definition) is 0. The van der Waals surface area contributed by atoms with Gasteiger partial charge in [-0.15, -0.1) is 26.2 Å². The van der Waals surface area contributed by atoms with Crippen LogP contribution in [0.4, 0.5) is 0 Å². The van der Waals surface area contributed by atoms with Gasteiger partial charge in [-0.25, -0.2) is 0 Å². The minimum Gasteiger partial charge on any atom is -0.664 e. The van der Waals surface area contributed by atoms with Crippen LogP contribution in [-0.2, 0) is 47.2 Å². The first-order valence-electron chi connectivity index (χ1n) is 13.2. The van der Waals surface area contributed by atoms with Gasteiger partial charge >= 0.3 is 0 Å². The van der Waals surface area contributed by atoms with Crippen molar-refractivity contribution in [1.82, 2.24) is 9.80 Å². The molecule has 2 heterocycles. The van der Waals surface area contributed by atoms with Crippen LogP contribution in [0, 0.1) is 0 Å². The molecule has 1 aromatic rings. The van der Waals surface area contributed by atoms with E-state index in [1.165, 1.54) is 11.1 Å². The standard InChI is InChI=1S/C26H44N8.2Cu/c1-7-27-11-13-31-17-21-33(19-15-29-9-1)23-25-3-5-26(6-4-25)24-34-20-16-30-10-2-8-28-12-14-32-18-22-34;;/h3-6H,1-2,7-24H2;;/q-6;;/i;2*1+0. The Morgan fingerprint density at radius 3 is 1.03 bits per heavy atom. The summed E-state index contributed by atoms with van der Waals surface area (Å²) in [7, 11) is 0. The molecule has 2 fully saturated rings. The number of nitrogens with zero attached hydrogens (tertiary/aromatic N) is 8. The molecular weight excluding hydrogens is 552 g/mol. The summed E-state index contributed by atoms with van der Waals surface area (Å²) in [5.41, 5.74) is 2.73. The van der Waals surface area contributed by atoms with E-state index in [0.717, 1.165) is 131 Å². The molecule has 0 N–H and O–H groups in total. The van der Waals surface area contributed by atoms with Crippen LogP contribution < -0.4 is 0 Å². The average Bonchev–Trinajstić information content (AvgIpc) is 2.89. The van der Waals surface area contributed by atoms with Gasteiger partial charge in [-0.05, 0) is 37.3 Å². The van der Waals surface area contributed by atoms with Crippen LogP contribution in [0.1, 0.15) is 24.0 Å². The van der Waals surface area contributed by atoms with Crippen molar-refractivity contribution in [3.05, 3.63) is 67.3 Å². The molecule has 3 rings (SSSR count). The third-order valence-corrected chi connectivity index (χ3v) is 6.23. The predicted octanol–water partition coefficient (Wildman–Crippen LogP) is 4.34. The van der Waals surface area contributed by atoms with Crippen molar-refractivity contribution in [1.29, 1.82) is 0 Å². The summed E-state index contributed by atoms with van der Waals surface area (Å²) in [6, 6.07) is 9.17. The summed E-state index contributed by atoms with van der Waals surface area (Å²) in [5, 5.41) is 27.7. The molecule has 36 heavy (non-hydrogen) atoms. The molecule has 8 nitrogen and oxygen atoms in total. The van der Waals surface area contributed by atoms with Crippen LogP contribution >= 0.6 is 0 Å². The van der Waals surface area contributed by atoms with Crippen molar-refractivity contribution < 1.29 is 34.1 Å². The normalized spacial score (nSPS) is 21.6. The van der Waals surface area contributed by atoms with Crippen LogP contribution in [0.15, 0.2) is 24.3 Å². The van der Waals surface area contributed by atoms with E-state index in [9.17, 15) is 0 Å². The van der Waals surface area contributed by atoms with Gasteiger partial charge in [0.2, 0.25) is 0 Å². The Morgan fingerprint density at radius 2 is 0.694 bits per heavy atom. The molecule has 0 spiro atoms. The van der Waals surface area contributed by atoms with Crippen molar-refractivity contribution in [2.24, 2.45) is 0 Å². The van der Waals surface area contributed by atoms with E-state index in [4.69, 9.17) is 10.6 Å². The maximum Gasteiger partial charge on any atom is 0.0232 e. The maximum absolute atomic E-state index is 4.69. The summed E-state index contributed by atoms with van der Waals surface area (Å²) in [6.45, 7) is 16.6. The Hall–Kier alpha value is -0.0610. The van der Waals surface area contributed by atoms with Crippen LogP contribution in [0.2, 0.25) is 0 Å². The molecule has 2 radical (unpaired) electrons. The number of hydrogen-bond acceptors (Lipinski definition) is 2. The second-order valence-electron chi connectivity index (χ2n) is 9.10. The third-order valence-electron chi connectivity index (χ3n) is 6.23. The Labute approximate surface area is 241 Å². The van der Waals surface area contributed by atoms with Crippen molar-refractivity contribution in [3.8, 4) is 0 Å². The minimum atomic E-state index is 0. The molecule has 0 bridgehead atoms. The van der Waals surface area contributed by atoms with Gasteiger partial charge in [-0.2, -0.15) is 52.4 Å². The molecule has 1 aromatic carbocycles. The molecular formula is C26H44Cu2N8-6. The molecule has 0 aromatic heterocycles. The molecule has 0 unspecified atom stereocenters. The summed E-state index contributed by atoms with van der Waals surface area (Å²) in [5.74, 6) is 0. The molecule has 0 amide bonds. The van der Waals surface area contributed by atoms with Gasteiger partial charge in [0, 0.05) is 47.2 Å². The first kappa shape index (κ1) is 34.0. The van der Waals surface area contributed by atoms with E-state index in [-0.39, 0.29) is 34.1 Å². The van der Waals surface area contributed by atoms with Crippen LogP contribution in [0.25, 0.3) is 31.9 Å². The predicted molar refractivity (Wildman–Crippen MR) is 145 cm³/mol. The maximum atomic E-state index is 4.69. The van der Waals surface area contributed by atoms with Gasteiger partial charge in [0.15, 0.2) is 0 Å². The fraction of sp³-hybridized carbons (Fsp3) is 0.769. The summed E-state index contributed by atoms with van der Waals surface area (Å²) in [6.07, 6.45) is 2.13. The third kappa shape index (κ3) is 16.0. The van der Waals surface area contributed by atoms with E-state index in [2.05, 4.69) is 55.3 Å². The fourth-order valence-corrected chi connectivity index (χ4v) is 4.20. The van der Waals surface area contributed by atoms with E-state index >= 15 is 0 Å². The zero-order valence-corrected chi connectivity index (χ0v) is 23.5. The van der Waals surface area contributed by atoms with Crippen LogP contribution in [0.5, 0.6) is 0 Å². The van der Waals surface area contributed by atoms with Crippen LogP contribution in [-0.4, -0.2) is 115 Å². The molecule has 10 heteroatoms. The van der Waals surface area contributed by atoms with E-state index in [1.807, 2.05) is 0 Å². The second-order valence-corrected chi connectivity index (χ2v) is 9.10. The molecule has 216 valence electrons. The molecule has 2 saturated heterocycles. The van der Waals surface area contributed by atoms with E-state index < -0.39 is 0 Å². The number of rotatable bonds is 4. The SMILES string of the molecule is [64Cu].[64Cu].c1cc(CN2CC[N-]CCC[N-]CC[N-]CC2)ccc1CN1CC[N-]CCC[N-]CC[N-]CC1. The van der Waals surface area contributed by atoms with Gasteiger partial charge in [-0.3, -0.25) is 0 Å². The Kier molecular flexibility index (Phi) is 21.6. The zero-order chi connectivity index (χ0) is 23.5. The second kappa shape index (κ2) is 22.9. The minimum absolute atomic E-state index is 0. The Bertz CT molecular complexity index is 541. The largest absolute Gasteiger partial charge is 0.664 e. The monoisotopic (exact) mass is 596 g/mol. The molecule has 2 aliphatic rings. The Balaban J connectivity index is 0.00000324. The van der Waals surface area contributed by atoms with Crippen molar-refractivity contribution in [2.75, 3.05) is 105 Å². The summed E-state index contributed by atoms with van der Waals surface area (Å²) in [4.78, 5) is 4.98. The van der Waals surface area contributed by atoms with Gasteiger partial charge in [0.25, 0.3) is 0 Å². The first-order valence-corrected chi connectivity index (χ1v) is 13.2. The topological polar surface area (TPSA) is 91.1 Å². The molecule has 0 aliphatic carbocycles. The zero-order valence-electron chi connectivity index (χ0n) is 21.6. The molecule has 0 saturated carbocycles. The van der Waals surface area contributed by atoms with Gasteiger partial charge < -0.3 is 41.7 Å². The van der Waals surface area contributed by atoms with Crippen molar-refractivity contribution >= 4 is 0 Å². The van der Waals surface area contributed by atoms with Gasteiger partial charge in [-0.1, -0.05) is 37.1 Å². The first-order chi connectivity index (χ1) is 16.9.